The molecule has 18 heavy (non-hydrogen) atoms. The van der Waals surface area contributed by atoms with Crippen molar-refractivity contribution in [3.05, 3.63) is 11.5 Å². The van der Waals surface area contributed by atoms with Crippen LogP contribution in [0.2, 0.25) is 0 Å². The standard InChI is InChI=1S/C14H22BNO2/c1-7-8-10-14(5)13(3,4)17-15(18-14)12(2)9-11-16-6/h9,11H,10H2,1-6H3/b12-9+,16-11-. The van der Waals surface area contributed by atoms with Crippen LogP contribution >= 0.6 is 0 Å². The van der Waals surface area contributed by atoms with Crippen molar-refractivity contribution in [1.29, 1.82) is 0 Å². The fourth-order valence-electron chi connectivity index (χ4n) is 1.76. The van der Waals surface area contributed by atoms with Gasteiger partial charge >= 0.3 is 7.12 Å². The van der Waals surface area contributed by atoms with Gasteiger partial charge in [-0.1, -0.05) is 0 Å². The monoisotopic (exact) mass is 247 g/mol. The Morgan fingerprint density at radius 1 is 1.33 bits per heavy atom. The number of hydrogen-bond acceptors (Lipinski definition) is 3. The molecule has 0 spiro atoms. The first-order chi connectivity index (χ1) is 8.36. The molecule has 0 radical (unpaired) electrons. The molecule has 3 nitrogen and oxygen atoms in total. The van der Waals surface area contributed by atoms with E-state index in [9.17, 15) is 0 Å². The van der Waals surface area contributed by atoms with Crippen molar-refractivity contribution in [2.24, 2.45) is 4.99 Å². The second-order valence-corrected chi connectivity index (χ2v) is 5.23. The summed E-state index contributed by atoms with van der Waals surface area (Å²) >= 11 is 0. The summed E-state index contributed by atoms with van der Waals surface area (Å²) < 4.78 is 12.1. The molecule has 1 fully saturated rings. The molecular weight excluding hydrogens is 225 g/mol. The normalized spacial score (nSPS) is 27.4. The summed E-state index contributed by atoms with van der Waals surface area (Å²) in [6.07, 6.45) is 4.33. The van der Waals surface area contributed by atoms with Gasteiger partial charge in [-0.15, -0.1) is 11.8 Å². The topological polar surface area (TPSA) is 30.8 Å². The number of allylic oxidation sites excluding steroid dienone is 2. The third-order valence-electron chi connectivity index (χ3n) is 3.50. The van der Waals surface area contributed by atoms with E-state index >= 15 is 0 Å². The molecule has 1 unspecified atom stereocenters. The van der Waals surface area contributed by atoms with Crippen LogP contribution in [-0.4, -0.2) is 31.6 Å². The Labute approximate surface area is 111 Å². The zero-order chi connectivity index (χ0) is 13.8. The average Bonchev–Trinajstić information content (AvgIpc) is 2.55. The Morgan fingerprint density at radius 3 is 2.56 bits per heavy atom. The first kappa shape index (κ1) is 15.0. The van der Waals surface area contributed by atoms with E-state index in [-0.39, 0.29) is 18.3 Å². The highest BCUT2D eigenvalue weighted by Crippen LogP contribution is 2.40. The average molecular weight is 247 g/mol. The van der Waals surface area contributed by atoms with Crippen molar-refractivity contribution in [2.45, 2.75) is 52.2 Å². The molecule has 0 aliphatic carbocycles. The lowest BCUT2D eigenvalue weighted by Gasteiger charge is -2.34. The van der Waals surface area contributed by atoms with Crippen molar-refractivity contribution in [3.8, 4) is 11.8 Å². The minimum Gasteiger partial charge on any atom is -0.400 e. The summed E-state index contributed by atoms with van der Waals surface area (Å²) in [7, 11) is 1.42. The Kier molecular flexibility index (Phi) is 4.78. The van der Waals surface area contributed by atoms with Crippen molar-refractivity contribution < 1.29 is 9.31 Å². The van der Waals surface area contributed by atoms with Crippen LogP contribution in [0.15, 0.2) is 16.5 Å². The number of aliphatic imine (C=N–C) groups is 1. The van der Waals surface area contributed by atoms with Gasteiger partial charge in [-0.25, -0.2) is 0 Å². The van der Waals surface area contributed by atoms with E-state index in [1.165, 1.54) is 0 Å². The molecule has 98 valence electrons. The van der Waals surface area contributed by atoms with Gasteiger partial charge in [-0.05, 0) is 46.2 Å². The first-order valence-corrected chi connectivity index (χ1v) is 6.20. The van der Waals surface area contributed by atoms with Gasteiger partial charge in [0.25, 0.3) is 0 Å². The second-order valence-electron chi connectivity index (χ2n) is 5.23. The lowest BCUT2D eigenvalue weighted by atomic mass is 9.79. The smallest absolute Gasteiger partial charge is 0.400 e. The summed E-state index contributed by atoms with van der Waals surface area (Å²) in [4.78, 5) is 3.93. The van der Waals surface area contributed by atoms with Gasteiger partial charge in [0, 0.05) is 19.7 Å². The van der Waals surface area contributed by atoms with E-state index in [0.29, 0.717) is 6.42 Å². The molecule has 1 heterocycles. The highest BCUT2D eigenvalue weighted by molar-refractivity contribution is 6.54. The molecule has 1 saturated heterocycles. The van der Waals surface area contributed by atoms with Gasteiger partial charge < -0.3 is 9.31 Å². The van der Waals surface area contributed by atoms with Crippen LogP contribution in [-0.2, 0) is 9.31 Å². The fourth-order valence-corrected chi connectivity index (χ4v) is 1.76. The number of hydrogen-bond donors (Lipinski definition) is 0. The Bertz CT molecular complexity index is 417. The van der Waals surface area contributed by atoms with E-state index in [1.54, 1.807) is 13.3 Å². The summed E-state index contributed by atoms with van der Waals surface area (Å²) in [6.45, 7) is 9.97. The van der Waals surface area contributed by atoms with Gasteiger partial charge in [0.15, 0.2) is 0 Å². The third kappa shape index (κ3) is 3.04. The minimum atomic E-state index is -0.390. The van der Waals surface area contributed by atoms with Crippen molar-refractivity contribution in [1.82, 2.24) is 0 Å². The first-order valence-electron chi connectivity index (χ1n) is 6.20. The van der Waals surface area contributed by atoms with Crippen molar-refractivity contribution >= 4 is 13.3 Å². The maximum absolute atomic E-state index is 6.07. The van der Waals surface area contributed by atoms with Gasteiger partial charge in [-0.2, -0.15) is 0 Å². The highest BCUT2D eigenvalue weighted by atomic mass is 16.7. The van der Waals surface area contributed by atoms with Crippen LogP contribution in [0.1, 0.15) is 41.0 Å². The molecule has 0 aromatic heterocycles. The summed E-state index contributed by atoms with van der Waals surface area (Å²) in [5, 5.41) is 0. The molecule has 0 saturated carbocycles. The molecule has 0 aromatic rings. The Hall–Kier alpha value is -1.05. The quantitative estimate of drug-likeness (QED) is 0.436. The van der Waals surface area contributed by atoms with E-state index in [1.807, 2.05) is 33.8 Å². The predicted octanol–water partition coefficient (Wildman–Crippen LogP) is 2.66. The van der Waals surface area contributed by atoms with Crippen molar-refractivity contribution in [2.75, 3.05) is 7.05 Å². The third-order valence-corrected chi connectivity index (χ3v) is 3.50. The molecule has 0 aromatic carbocycles. The zero-order valence-corrected chi connectivity index (χ0v) is 12.2. The van der Waals surface area contributed by atoms with Gasteiger partial charge in [0.1, 0.15) is 0 Å². The van der Waals surface area contributed by atoms with Crippen LogP contribution in [0.25, 0.3) is 0 Å². The van der Waals surface area contributed by atoms with E-state index in [2.05, 4.69) is 23.8 Å². The van der Waals surface area contributed by atoms with Gasteiger partial charge in [-0.3, -0.25) is 4.99 Å². The van der Waals surface area contributed by atoms with Crippen LogP contribution < -0.4 is 0 Å². The maximum Gasteiger partial charge on any atom is 0.490 e. The van der Waals surface area contributed by atoms with Crippen molar-refractivity contribution in [3.63, 3.8) is 0 Å². The molecule has 1 aliphatic rings. The largest absolute Gasteiger partial charge is 0.490 e. The van der Waals surface area contributed by atoms with E-state index < -0.39 is 0 Å². The maximum atomic E-state index is 6.07. The molecular formula is C14H22BNO2. The van der Waals surface area contributed by atoms with Crippen LogP contribution in [0.4, 0.5) is 0 Å². The second kappa shape index (κ2) is 5.73. The lowest BCUT2D eigenvalue weighted by molar-refractivity contribution is -0.00513. The molecule has 0 amide bonds. The summed E-state index contributed by atoms with van der Waals surface area (Å²) in [5.41, 5.74) is 0.265. The SMILES string of the molecule is CC#CCC1(C)OB(/C(C)=C/C=N\C)OC1(C)C. The van der Waals surface area contributed by atoms with E-state index in [4.69, 9.17) is 9.31 Å². The van der Waals surface area contributed by atoms with Gasteiger partial charge in [0.05, 0.1) is 11.2 Å². The zero-order valence-electron chi connectivity index (χ0n) is 12.2. The Morgan fingerprint density at radius 2 is 2.00 bits per heavy atom. The molecule has 4 heteroatoms. The number of rotatable bonds is 3. The lowest BCUT2D eigenvalue weighted by Crippen LogP contribution is -2.44. The molecule has 1 atom stereocenters. The molecule has 1 rings (SSSR count). The van der Waals surface area contributed by atoms with Gasteiger partial charge in [0.2, 0.25) is 0 Å². The van der Waals surface area contributed by atoms with Crippen LogP contribution in [0.5, 0.6) is 0 Å². The van der Waals surface area contributed by atoms with Crippen LogP contribution in [0, 0.1) is 11.8 Å². The predicted molar refractivity (Wildman–Crippen MR) is 76.6 cm³/mol. The molecule has 0 N–H and O–H groups in total. The highest BCUT2D eigenvalue weighted by Gasteiger charge is 2.54. The van der Waals surface area contributed by atoms with Crippen LogP contribution in [0.3, 0.4) is 0 Å². The minimum absolute atomic E-state index is 0.318. The number of nitrogens with zero attached hydrogens (tertiary/aromatic N) is 1. The molecule has 1 aliphatic heterocycles. The fraction of sp³-hybridized carbons (Fsp3) is 0.643. The summed E-state index contributed by atoms with van der Waals surface area (Å²) in [6, 6.07) is 0. The van der Waals surface area contributed by atoms with E-state index in [0.717, 1.165) is 5.47 Å². The Balaban J connectivity index is 2.89. The molecule has 0 bridgehead atoms. The summed E-state index contributed by atoms with van der Waals surface area (Å²) in [5.74, 6) is 6.00.